The van der Waals surface area contributed by atoms with Crippen molar-refractivity contribution in [2.75, 3.05) is 0 Å². The first-order chi connectivity index (χ1) is 21.5. The van der Waals surface area contributed by atoms with Crippen LogP contribution in [0.4, 0.5) is 0 Å². The van der Waals surface area contributed by atoms with Crippen LogP contribution in [-0.4, -0.2) is 44.7 Å². The molecule has 0 spiro atoms. The highest BCUT2D eigenvalue weighted by atomic mass is 16.6. The molecule has 0 bridgehead atoms. The van der Waals surface area contributed by atoms with Gasteiger partial charge in [-0.05, 0) is 91.1 Å². The number of hydrogen-bond donors (Lipinski definition) is 2. The number of carbonyl (C=O) groups excluding carboxylic acids is 2. The standard InChI is InChI=1S/C40H56O6/c1-22(2)26-19-24-11-13-29-36(5,6)15-9-17-38(29,43)20-27(24)32-33(26)46-40(23(3)4)34(42)31(41)28-21-39(44)18-10-16-37(7,8)30(39)14-12-25(28)35(40)45-32/h19,22-23,29-30,35,43-44H,9-18,20-21H2,1-8H3/t29-,30-,35+,38-,39-,40-/m0/s1. The molecule has 0 unspecified atom stereocenters. The zero-order chi connectivity index (χ0) is 33.2. The van der Waals surface area contributed by atoms with Crippen LogP contribution in [0.2, 0.25) is 0 Å². The average molecular weight is 633 g/mol. The molecule has 0 amide bonds. The molecule has 2 saturated carbocycles. The lowest BCUT2D eigenvalue weighted by atomic mass is 9.59. The second-order valence-corrected chi connectivity index (χ2v) is 18.1. The van der Waals surface area contributed by atoms with Gasteiger partial charge in [0.05, 0.1) is 11.2 Å². The molecule has 2 fully saturated rings. The van der Waals surface area contributed by atoms with Crippen LogP contribution in [0.5, 0.6) is 11.5 Å². The number of ketones is 2. The summed E-state index contributed by atoms with van der Waals surface area (Å²) in [7, 11) is 0. The minimum Gasteiger partial charge on any atom is -0.477 e. The van der Waals surface area contributed by atoms with E-state index in [4.69, 9.17) is 9.47 Å². The summed E-state index contributed by atoms with van der Waals surface area (Å²) in [6.07, 6.45) is 8.50. The van der Waals surface area contributed by atoms with E-state index in [0.717, 1.165) is 68.1 Å². The van der Waals surface area contributed by atoms with Crippen molar-refractivity contribution in [3.8, 4) is 11.5 Å². The Morgan fingerprint density at radius 2 is 1.39 bits per heavy atom. The quantitative estimate of drug-likeness (QED) is 0.327. The van der Waals surface area contributed by atoms with Gasteiger partial charge in [0.2, 0.25) is 11.4 Å². The van der Waals surface area contributed by atoms with Gasteiger partial charge in [-0.2, -0.15) is 0 Å². The molecule has 5 aliphatic carbocycles. The predicted molar refractivity (Wildman–Crippen MR) is 178 cm³/mol. The third-order valence-electron chi connectivity index (χ3n) is 13.8. The van der Waals surface area contributed by atoms with Crippen LogP contribution >= 0.6 is 0 Å². The Bertz CT molecular complexity index is 1510. The summed E-state index contributed by atoms with van der Waals surface area (Å²) in [6, 6.07) is 2.23. The number of aliphatic hydroxyl groups is 2. The van der Waals surface area contributed by atoms with Gasteiger partial charge in [0, 0.05) is 35.5 Å². The van der Waals surface area contributed by atoms with E-state index in [1.54, 1.807) is 0 Å². The van der Waals surface area contributed by atoms with Crippen molar-refractivity contribution in [2.45, 2.75) is 161 Å². The van der Waals surface area contributed by atoms with E-state index >= 15 is 0 Å². The zero-order valence-electron chi connectivity index (χ0n) is 29.5. The SMILES string of the molecule is CC(C)c1cc2c(c3c1O[C@@]1(C(C)C)C(=O)C(=O)C4=C(CC[C@H]5C(C)(C)CCC[C@]5(O)C4)[C@H]1O3)C[C@@]1(O)CCCC(C)(C)[C@@H]1CC2. The molecule has 6 nitrogen and oxygen atoms in total. The van der Waals surface area contributed by atoms with Crippen LogP contribution < -0.4 is 9.47 Å². The van der Waals surface area contributed by atoms with E-state index in [0.29, 0.717) is 36.3 Å². The number of Topliss-reactive ketones (excluding diaryl/α,β-unsaturated/α-hetero) is 2. The van der Waals surface area contributed by atoms with Crippen molar-refractivity contribution in [1.82, 2.24) is 0 Å². The Balaban J connectivity index is 1.41. The number of aryl methyl sites for hydroxylation is 1. The van der Waals surface area contributed by atoms with Crippen molar-refractivity contribution < 1.29 is 29.3 Å². The van der Waals surface area contributed by atoms with Crippen molar-refractivity contribution in [3.05, 3.63) is 33.9 Å². The maximum Gasteiger partial charge on any atom is 0.250 e. The van der Waals surface area contributed by atoms with Gasteiger partial charge in [0.1, 0.15) is 0 Å². The van der Waals surface area contributed by atoms with E-state index in [-0.39, 0.29) is 40.9 Å². The van der Waals surface area contributed by atoms with Crippen LogP contribution in [-0.2, 0) is 22.4 Å². The summed E-state index contributed by atoms with van der Waals surface area (Å²) in [4.78, 5) is 28.8. The molecule has 252 valence electrons. The van der Waals surface area contributed by atoms with Crippen LogP contribution in [0, 0.1) is 28.6 Å². The molecular formula is C40H56O6. The van der Waals surface area contributed by atoms with Gasteiger partial charge in [0.25, 0.3) is 5.78 Å². The number of benzene rings is 1. The van der Waals surface area contributed by atoms with Gasteiger partial charge in [-0.1, -0.05) is 74.3 Å². The zero-order valence-corrected chi connectivity index (χ0v) is 29.5. The summed E-state index contributed by atoms with van der Waals surface area (Å²) >= 11 is 0. The molecule has 2 N–H and O–H groups in total. The lowest BCUT2D eigenvalue weighted by Gasteiger charge is -2.51. The molecule has 46 heavy (non-hydrogen) atoms. The minimum atomic E-state index is -1.48. The first kappa shape index (κ1) is 32.4. The Morgan fingerprint density at radius 3 is 1.98 bits per heavy atom. The Kier molecular flexibility index (Phi) is 7.33. The summed E-state index contributed by atoms with van der Waals surface area (Å²) in [5, 5.41) is 24.5. The number of carbonyl (C=O) groups is 2. The van der Waals surface area contributed by atoms with Crippen molar-refractivity contribution in [1.29, 1.82) is 0 Å². The number of rotatable bonds is 2. The monoisotopic (exact) mass is 632 g/mol. The highest BCUT2D eigenvalue weighted by Crippen LogP contribution is 2.59. The first-order valence-electron chi connectivity index (χ1n) is 18.3. The largest absolute Gasteiger partial charge is 0.477 e. The lowest BCUT2D eigenvalue weighted by molar-refractivity contribution is -0.161. The van der Waals surface area contributed by atoms with Crippen molar-refractivity contribution >= 4 is 11.6 Å². The summed E-state index contributed by atoms with van der Waals surface area (Å²) in [6.45, 7) is 17.3. The molecule has 0 aromatic heterocycles. The molecule has 7 rings (SSSR count). The Labute approximate surface area is 275 Å². The average Bonchev–Trinajstić information content (AvgIpc) is 3.22. The van der Waals surface area contributed by atoms with Crippen LogP contribution in [0.15, 0.2) is 17.2 Å². The molecule has 0 saturated heterocycles. The fourth-order valence-electron chi connectivity index (χ4n) is 11.3. The van der Waals surface area contributed by atoms with E-state index in [1.807, 2.05) is 13.8 Å². The van der Waals surface area contributed by atoms with E-state index < -0.39 is 34.5 Å². The maximum atomic E-state index is 14.5. The highest BCUT2D eigenvalue weighted by Gasteiger charge is 2.65. The van der Waals surface area contributed by atoms with Gasteiger partial charge >= 0.3 is 0 Å². The molecule has 1 heterocycles. The summed E-state index contributed by atoms with van der Waals surface area (Å²) in [5.74, 6) is 0.159. The minimum absolute atomic E-state index is 0.0251. The third-order valence-corrected chi connectivity index (χ3v) is 13.8. The molecule has 1 aromatic rings. The second kappa shape index (κ2) is 10.4. The Morgan fingerprint density at radius 1 is 0.804 bits per heavy atom. The molecule has 6 aliphatic rings. The van der Waals surface area contributed by atoms with Gasteiger partial charge in [-0.15, -0.1) is 0 Å². The van der Waals surface area contributed by atoms with Crippen molar-refractivity contribution in [3.63, 3.8) is 0 Å². The molecule has 1 aliphatic heterocycles. The topological polar surface area (TPSA) is 93.1 Å². The highest BCUT2D eigenvalue weighted by molar-refractivity contribution is 6.47. The molecule has 6 heteroatoms. The molecule has 1 aromatic carbocycles. The molecule has 0 radical (unpaired) electrons. The van der Waals surface area contributed by atoms with E-state index in [2.05, 4.69) is 47.6 Å². The van der Waals surface area contributed by atoms with Gasteiger partial charge in [0.15, 0.2) is 17.6 Å². The number of fused-ring (bicyclic) bond motifs is 7. The smallest absolute Gasteiger partial charge is 0.250 e. The lowest BCUT2D eigenvalue weighted by Crippen LogP contribution is -2.67. The van der Waals surface area contributed by atoms with Crippen LogP contribution in [0.25, 0.3) is 0 Å². The first-order valence-corrected chi connectivity index (χ1v) is 18.3. The molecular weight excluding hydrogens is 576 g/mol. The third kappa shape index (κ3) is 4.47. The summed E-state index contributed by atoms with van der Waals surface area (Å²) < 4.78 is 14.3. The fourth-order valence-corrected chi connectivity index (χ4v) is 11.3. The van der Waals surface area contributed by atoms with Gasteiger partial charge < -0.3 is 19.7 Å². The summed E-state index contributed by atoms with van der Waals surface area (Å²) in [5.41, 5.74) is 1.14. The van der Waals surface area contributed by atoms with Crippen LogP contribution in [0.3, 0.4) is 0 Å². The Hall–Kier alpha value is -2.18. The van der Waals surface area contributed by atoms with Crippen molar-refractivity contribution in [2.24, 2.45) is 28.6 Å². The number of hydrogen-bond acceptors (Lipinski definition) is 6. The predicted octanol–water partition coefficient (Wildman–Crippen LogP) is 7.58. The molecule has 6 atom stereocenters. The van der Waals surface area contributed by atoms with Gasteiger partial charge in [-0.25, -0.2) is 0 Å². The maximum absolute atomic E-state index is 14.5. The number of ether oxygens (including phenoxy) is 2. The normalized spacial score (nSPS) is 37.9. The fraction of sp³-hybridized carbons (Fsp3) is 0.750. The van der Waals surface area contributed by atoms with E-state index in [1.165, 1.54) is 5.56 Å². The van der Waals surface area contributed by atoms with Gasteiger partial charge in [-0.3, -0.25) is 9.59 Å². The van der Waals surface area contributed by atoms with E-state index in [9.17, 15) is 19.8 Å². The second-order valence-electron chi connectivity index (χ2n) is 18.1. The van der Waals surface area contributed by atoms with Crippen LogP contribution in [0.1, 0.15) is 142 Å².